The van der Waals surface area contributed by atoms with Crippen LogP contribution < -0.4 is 9.47 Å². The topological polar surface area (TPSA) is 36.9 Å². The molecule has 0 spiro atoms. The van der Waals surface area contributed by atoms with Gasteiger partial charge in [-0.3, -0.25) is 0 Å². The van der Waals surface area contributed by atoms with Crippen molar-refractivity contribution < 1.29 is 18.9 Å². The Kier molecular flexibility index (Phi) is 22.7. The number of hydrogen-bond acceptors (Lipinski definition) is 4. The van der Waals surface area contributed by atoms with Crippen LogP contribution in [0.4, 0.5) is 0 Å². The predicted molar refractivity (Wildman–Crippen MR) is 224 cm³/mol. The molecule has 53 heavy (non-hydrogen) atoms. The lowest BCUT2D eigenvalue weighted by molar-refractivity contribution is -0.0198. The summed E-state index contributed by atoms with van der Waals surface area (Å²) in [6.45, 7) is 10.1. The minimum atomic E-state index is 0.0262. The van der Waals surface area contributed by atoms with Gasteiger partial charge in [-0.05, 0) is 91.7 Å². The minimum absolute atomic E-state index is 0.0262. The van der Waals surface area contributed by atoms with Crippen molar-refractivity contribution in [2.45, 2.75) is 194 Å². The summed E-state index contributed by atoms with van der Waals surface area (Å²) in [6, 6.07) is 16.9. The molecule has 2 aliphatic carbocycles. The number of hydrogen-bond donors (Lipinski definition) is 0. The fraction of sp³-hybridized carbons (Fsp3) is 0.755. The van der Waals surface area contributed by atoms with Crippen LogP contribution >= 0.6 is 0 Å². The smallest absolute Gasteiger partial charge is 0.119 e. The maximum atomic E-state index is 6.14. The molecule has 0 radical (unpaired) electrons. The summed E-state index contributed by atoms with van der Waals surface area (Å²) in [5.74, 6) is 5.68. The molecular formula is C49H80O4. The summed E-state index contributed by atoms with van der Waals surface area (Å²) < 4.78 is 24.4. The molecule has 300 valence electrons. The van der Waals surface area contributed by atoms with E-state index in [-0.39, 0.29) is 6.10 Å². The van der Waals surface area contributed by atoms with Crippen LogP contribution in [0.25, 0.3) is 0 Å². The lowest BCUT2D eigenvalue weighted by atomic mass is 9.74. The quantitative estimate of drug-likeness (QED) is 0.0781. The van der Waals surface area contributed by atoms with Crippen molar-refractivity contribution in [1.29, 1.82) is 0 Å². The Bertz CT molecular complexity index is 1150. The van der Waals surface area contributed by atoms with Crippen molar-refractivity contribution in [3.8, 4) is 11.5 Å². The molecular weight excluding hydrogens is 653 g/mol. The summed E-state index contributed by atoms with van der Waals surface area (Å²) in [4.78, 5) is 0. The Morgan fingerprint density at radius 2 is 0.887 bits per heavy atom. The van der Waals surface area contributed by atoms with Crippen molar-refractivity contribution in [3.63, 3.8) is 0 Å². The molecule has 0 N–H and O–H groups in total. The third-order valence-corrected chi connectivity index (χ3v) is 12.5. The second kappa shape index (κ2) is 27.5. The Hall–Kier alpha value is -2.04. The fourth-order valence-corrected chi connectivity index (χ4v) is 9.17. The lowest BCUT2D eigenvalue weighted by Crippen LogP contribution is -2.20. The average Bonchev–Trinajstić information content (AvgIpc) is 3.19. The van der Waals surface area contributed by atoms with Crippen molar-refractivity contribution in [3.05, 3.63) is 59.7 Å². The molecule has 0 aliphatic heterocycles. The van der Waals surface area contributed by atoms with Gasteiger partial charge in [0.05, 0.1) is 39.1 Å². The largest absolute Gasteiger partial charge is 0.494 e. The highest BCUT2D eigenvalue weighted by molar-refractivity contribution is 5.27. The SMILES string of the molecule is CCCCCCCC1CCCCC1CCCOc1ccc(COC[C@@H](C)OCc2ccc(OCCCC3CCCCC3CCCCCCC)cc2)cc1. The molecule has 2 saturated carbocycles. The number of unbranched alkanes of at least 4 members (excludes halogenated alkanes) is 8. The number of rotatable bonds is 29. The fourth-order valence-electron chi connectivity index (χ4n) is 9.17. The van der Waals surface area contributed by atoms with E-state index >= 15 is 0 Å². The molecule has 4 nitrogen and oxygen atoms in total. The van der Waals surface area contributed by atoms with Crippen LogP contribution in [0.1, 0.15) is 186 Å². The standard InChI is InChI=1S/C49H80O4/c1-4-6-8-10-12-20-44-22-14-16-24-46(44)26-18-36-51-48-32-28-42(29-33-48)39-50-38-41(3)53-40-43-30-34-49(35-31-43)52-37-19-27-47-25-17-15-23-45(47)21-13-11-9-7-5-2/h28-35,41,44-47H,4-27,36-40H2,1-3H3/t41-,44?,45?,46?,47?/m1/s1. The van der Waals surface area contributed by atoms with E-state index in [2.05, 4.69) is 69.3 Å². The second-order valence-corrected chi connectivity index (χ2v) is 16.9. The summed E-state index contributed by atoms with van der Waals surface area (Å²) in [6.07, 6.45) is 33.5. The van der Waals surface area contributed by atoms with Crippen LogP contribution in [0.5, 0.6) is 11.5 Å². The number of ether oxygens (including phenoxy) is 4. The Morgan fingerprint density at radius 3 is 1.32 bits per heavy atom. The third kappa shape index (κ3) is 18.4. The van der Waals surface area contributed by atoms with Gasteiger partial charge in [0.1, 0.15) is 11.5 Å². The third-order valence-electron chi connectivity index (χ3n) is 12.5. The van der Waals surface area contributed by atoms with E-state index in [1.807, 2.05) is 0 Å². The van der Waals surface area contributed by atoms with Gasteiger partial charge in [0.25, 0.3) is 0 Å². The van der Waals surface area contributed by atoms with Crippen molar-refractivity contribution >= 4 is 0 Å². The molecule has 0 saturated heterocycles. The maximum absolute atomic E-state index is 6.14. The lowest BCUT2D eigenvalue weighted by Gasteiger charge is -2.31. The first kappa shape index (κ1) is 43.7. The maximum Gasteiger partial charge on any atom is 0.119 e. The highest BCUT2D eigenvalue weighted by Gasteiger charge is 2.25. The van der Waals surface area contributed by atoms with Crippen LogP contribution in [0.3, 0.4) is 0 Å². The van der Waals surface area contributed by atoms with Crippen LogP contribution in [-0.2, 0) is 22.7 Å². The molecule has 2 aromatic carbocycles. The molecule has 2 fully saturated rings. The first-order valence-electron chi connectivity index (χ1n) is 22.8. The van der Waals surface area contributed by atoms with Gasteiger partial charge in [0.2, 0.25) is 0 Å². The summed E-state index contributed by atoms with van der Waals surface area (Å²) in [5.41, 5.74) is 2.33. The van der Waals surface area contributed by atoms with E-state index in [4.69, 9.17) is 18.9 Å². The van der Waals surface area contributed by atoms with E-state index in [1.54, 1.807) is 0 Å². The van der Waals surface area contributed by atoms with Gasteiger partial charge >= 0.3 is 0 Å². The normalized spacial score (nSPS) is 21.0. The van der Waals surface area contributed by atoms with Gasteiger partial charge < -0.3 is 18.9 Å². The van der Waals surface area contributed by atoms with Crippen molar-refractivity contribution in [1.82, 2.24) is 0 Å². The van der Waals surface area contributed by atoms with E-state index in [0.29, 0.717) is 19.8 Å². The molecule has 0 bridgehead atoms. The van der Waals surface area contributed by atoms with Crippen LogP contribution in [0.2, 0.25) is 0 Å². The van der Waals surface area contributed by atoms with E-state index in [1.165, 1.54) is 152 Å². The zero-order valence-electron chi connectivity index (χ0n) is 34.6. The molecule has 4 rings (SSSR count). The summed E-state index contributed by atoms with van der Waals surface area (Å²) in [5, 5.41) is 0. The molecule has 2 aliphatic rings. The monoisotopic (exact) mass is 733 g/mol. The predicted octanol–water partition coefficient (Wildman–Crippen LogP) is 14.5. The Labute approximate surface area is 326 Å². The molecule has 0 aromatic heterocycles. The van der Waals surface area contributed by atoms with E-state index in [0.717, 1.165) is 61.2 Å². The van der Waals surface area contributed by atoms with Gasteiger partial charge in [-0.25, -0.2) is 0 Å². The zero-order chi connectivity index (χ0) is 37.2. The van der Waals surface area contributed by atoms with E-state index in [9.17, 15) is 0 Å². The summed E-state index contributed by atoms with van der Waals surface area (Å²) >= 11 is 0. The van der Waals surface area contributed by atoms with Gasteiger partial charge in [-0.1, -0.05) is 167 Å². The van der Waals surface area contributed by atoms with Gasteiger partial charge in [0, 0.05) is 0 Å². The summed E-state index contributed by atoms with van der Waals surface area (Å²) in [7, 11) is 0. The first-order chi connectivity index (χ1) is 26.1. The molecule has 2 aromatic rings. The molecule has 0 amide bonds. The average molecular weight is 733 g/mol. The zero-order valence-corrected chi connectivity index (χ0v) is 34.6. The number of benzene rings is 2. The molecule has 5 atom stereocenters. The molecule has 0 heterocycles. The molecule has 4 heteroatoms. The van der Waals surface area contributed by atoms with Crippen molar-refractivity contribution in [2.75, 3.05) is 19.8 Å². The highest BCUT2D eigenvalue weighted by Crippen LogP contribution is 2.38. The Morgan fingerprint density at radius 1 is 0.491 bits per heavy atom. The van der Waals surface area contributed by atoms with Crippen LogP contribution in [-0.4, -0.2) is 25.9 Å². The Balaban J connectivity index is 1.01. The first-order valence-corrected chi connectivity index (χ1v) is 22.8. The highest BCUT2D eigenvalue weighted by atomic mass is 16.5. The van der Waals surface area contributed by atoms with Crippen LogP contribution in [0.15, 0.2) is 48.5 Å². The minimum Gasteiger partial charge on any atom is -0.494 e. The second-order valence-electron chi connectivity index (χ2n) is 16.9. The van der Waals surface area contributed by atoms with Crippen LogP contribution in [0, 0.1) is 23.7 Å². The molecule has 4 unspecified atom stereocenters. The van der Waals surface area contributed by atoms with Gasteiger partial charge in [-0.15, -0.1) is 0 Å². The van der Waals surface area contributed by atoms with Gasteiger partial charge in [-0.2, -0.15) is 0 Å². The van der Waals surface area contributed by atoms with Gasteiger partial charge in [0.15, 0.2) is 0 Å². The van der Waals surface area contributed by atoms with Crippen molar-refractivity contribution in [2.24, 2.45) is 23.7 Å². The van der Waals surface area contributed by atoms with E-state index < -0.39 is 0 Å².